The zero-order valence-corrected chi connectivity index (χ0v) is 24.3. The summed E-state index contributed by atoms with van der Waals surface area (Å²) in [6.07, 6.45) is 24.1. The molecule has 0 bridgehead atoms. The van der Waals surface area contributed by atoms with Gasteiger partial charge in [0.2, 0.25) is 0 Å². The molecule has 2 atom stereocenters. The van der Waals surface area contributed by atoms with Crippen LogP contribution >= 0.6 is 23.5 Å². The number of halogens is 1. The largest absolute Gasteiger partial charge is 1.00 e. The first kappa shape index (κ1) is 32.1. The molecule has 0 radical (unpaired) electrons. The Morgan fingerprint density at radius 1 is 0.742 bits per heavy atom. The summed E-state index contributed by atoms with van der Waals surface area (Å²) in [6.45, 7) is 4.98. The van der Waals surface area contributed by atoms with Crippen LogP contribution < -0.4 is 17.0 Å². The fraction of sp³-hybridized carbons (Fsp3) is 1.00. The number of quaternary nitrogens is 1. The number of unbranched alkanes of at least 4 members (excludes halogenated alkanes) is 14. The van der Waals surface area contributed by atoms with Crippen LogP contribution in [0.5, 0.6) is 0 Å². The van der Waals surface area contributed by atoms with Gasteiger partial charge in [-0.3, -0.25) is 0 Å². The molecule has 0 spiro atoms. The summed E-state index contributed by atoms with van der Waals surface area (Å²) < 4.78 is 1.90. The number of thioether (sulfide) groups is 2. The second kappa shape index (κ2) is 21.6. The fourth-order valence-electron chi connectivity index (χ4n) is 4.58. The third kappa shape index (κ3) is 19.1. The smallest absolute Gasteiger partial charge is 0.0911 e. The van der Waals surface area contributed by atoms with E-state index in [0.717, 1.165) is 27.3 Å². The van der Waals surface area contributed by atoms with Gasteiger partial charge in [-0.1, -0.05) is 103 Å². The average Bonchev–Trinajstić information content (AvgIpc) is 3.15. The van der Waals surface area contributed by atoms with Crippen molar-refractivity contribution < 1.29 is 26.6 Å². The van der Waals surface area contributed by atoms with E-state index in [4.69, 9.17) is 5.11 Å². The van der Waals surface area contributed by atoms with Crippen LogP contribution in [0.2, 0.25) is 0 Å². The van der Waals surface area contributed by atoms with Crippen molar-refractivity contribution in [2.45, 2.75) is 126 Å². The second-order valence-electron chi connectivity index (χ2n) is 10.2. The van der Waals surface area contributed by atoms with Gasteiger partial charge in [0, 0.05) is 18.8 Å². The fourth-order valence-corrected chi connectivity index (χ4v) is 8.24. The Labute approximate surface area is 214 Å². The van der Waals surface area contributed by atoms with E-state index in [9.17, 15) is 0 Å². The molecule has 1 fully saturated rings. The molecule has 188 valence electrons. The van der Waals surface area contributed by atoms with E-state index >= 15 is 0 Å². The molecule has 31 heavy (non-hydrogen) atoms. The van der Waals surface area contributed by atoms with Crippen LogP contribution in [0.4, 0.5) is 0 Å². The summed E-state index contributed by atoms with van der Waals surface area (Å²) in [5, 5.41) is 9.89. The minimum atomic E-state index is 0. The molecule has 5 heteroatoms. The average molecular weight is 541 g/mol. The third-order valence-corrected chi connectivity index (χ3v) is 9.87. The summed E-state index contributed by atoms with van der Waals surface area (Å²) in [6, 6.07) is 0. The number of aliphatic hydroxyl groups is 1. The van der Waals surface area contributed by atoms with Crippen molar-refractivity contribution in [3.63, 3.8) is 0 Å². The Morgan fingerprint density at radius 2 is 1.23 bits per heavy atom. The highest BCUT2D eigenvalue weighted by molar-refractivity contribution is 8.20. The van der Waals surface area contributed by atoms with Crippen LogP contribution in [0.25, 0.3) is 0 Å². The van der Waals surface area contributed by atoms with Gasteiger partial charge in [-0.15, -0.1) is 23.5 Å². The third-order valence-electron chi connectivity index (χ3n) is 6.48. The molecule has 1 saturated heterocycles. The van der Waals surface area contributed by atoms with Gasteiger partial charge in [0.15, 0.2) is 0 Å². The predicted octanol–water partition coefficient (Wildman–Crippen LogP) is 4.89. The molecule has 0 aliphatic carbocycles. The van der Waals surface area contributed by atoms with E-state index in [1.807, 2.05) is 0 Å². The zero-order chi connectivity index (χ0) is 21.9. The van der Waals surface area contributed by atoms with Gasteiger partial charge in [0.05, 0.1) is 37.0 Å². The van der Waals surface area contributed by atoms with Crippen LogP contribution in [0, 0.1) is 0 Å². The van der Waals surface area contributed by atoms with Crippen molar-refractivity contribution in [3.8, 4) is 0 Å². The Kier molecular flexibility index (Phi) is 22.4. The van der Waals surface area contributed by atoms with Crippen molar-refractivity contribution in [1.29, 1.82) is 0 Å². The lowest BCUT2D eigenvalue weighted by molar-refractivity contribution is -0.889. The molecule has 2 unspecified atom stereocenters. The van der Waals surface area contributed by atoms with Crippen LogP contribution in [-0.4, -0.2) is 59.0 Å². The van der Waals surface area contributed by atoms with Crippen molar-refractivity contribution in [1.82, 2.24) is 0 Å². The highest BCUT2D eigenvalue weighted by atomic mass is 79.9. The van der Waals surface area contributed by atoms with E-state index < -0.39 is 0 Å². The van der Waals surface area contributed by atoms with Crippen molar-refractivity contribution in [3.05, 3.63) is 0 Å². The van der Waals surface area contributed by atoms with Crippen LogP contribution in [0.1, 0.15) is 116 Å². The monoisotopic (exact) mass is 539 g/mol. The number of nitrogens with zero attached hydrogens (tertiary/aromatic N) is 1. The van der Waals surface area contributed by atoms with E-state index in [-0.39, 0.29) is 17.0 Å². The summed E-state index contributed by atoms with van der Waals surface area (Å²) in [4.78, 5) is 0. The molecule has 1 heterocycles. The highest BCUT2D eigenvalue weighted by Crippen LogP contribution is 2.41. The molecule has 1 aliphatic rings. The molecule has 1 aliphatic heterocycles. The summed E-state index contributed by atoms with van der Waals surface area (Å²) in [5.74, 6) is 1.33. The lowest BCUT2D eigenvalue weighted by Crippen LogP contribution is -3.00. The van der Waals surface area contributed by atoms with Gasteiger partial charge in [-0.2, -0.15) is 0 Å². The molecule has 1 N–H and O–H groups in total. The SMILES string of the molecule is CCCCCCCCCCCCCCCCCC1SCC(C[N+](C)(C)CCCO)S1.[Br-]. The minimum absolute atomic E-state index is 0. The summed E-state index contributed by atoms with van der Waals surface area (Å²) >= 11 is 4.45. The van der Waals surface area contributed by atoms with Gasteiger partial charge >= 0.3 is 0 Å². The first-order chi connectivity index (χ1) is 14.6. The quantitative estimate of drug-likeness (QED) is 0.166. The minimum Gasteiger partial charge on any atom is -1.00 e. The Morgan fingerprint density at radius 3 is 1.71 bits per heavy atom. The molecule has 0 aromatic carbocycles. The lowest BCUT2D eigenvalue weighted by atomic mass is 10.0. The molecule has 0 saturated carbocycles. The number of hydrogen-bond acceptors (Lipinski definition) is 3. The summed E-state index contributed by atoms with van der Waals surface area (Å²) in [5.41, 5.74) is 0. The van der Waals surface area contributed by atoms with Crippen molar-refractivity contribution >= 4 is 23.5 Å². The van der Waals surface area contributed by atoms with Gasteiger partial charge < -0.3 is 26.6 Å². The maximum absolute atomic E-state index is 9.08. The van der Waals surface area contributed by atoms with Gasteiger partial charge in [-0.05, 0) is 6.42 Å². The maximum atomic E-state index is 9.08. The molecule has 1 rings (SSSR count). The Balaban J connectivity index is 0.00000900. The second-order valence-corrected chi connectivity index (χ2v) is 13.2. The standard InChI is InChI=1S/C26H54NOS2.BrH/c1-4-5-6-7-8-9-10-11-12-13-14-15-16-17-18-20-26-29-24-25(30-26)23-27(2,3)21-19-22-28;/h25-26,28H,4-24H2,1-3H3;1H/q+1;/p-1. The maximum Gasteiger partial charge on any atom is 0.0911 e. The molecular weight excluding hydrogens is 486 g/mol. The predicted molar refractivity (Wildman–Crippen MR) is 141 cm³/mol. The van der Waals surface area contributed by atoms with Gasteiger partial charge in [-0.25, -0.2) is 0 Å². The molecule has 0 amide bonds. The molecule has 0 aromatic rings. The lowest BCUT2D eigenvalue weighted by Gasteiger charge is -2.31. The topological polar surface area (TPSA) is 20.2 Å². The van der Waals surface area contributed by atoms with Crippen molar-refractivity contribution in [2.75, 3.05) is 39.5 Å². The Bertz CT molecular complexity index is 384. The van der Waals surface area contributed by atoms with Gasteiger partial charge in [0.1, 0.15) is 0 Å². The summed E-state index contributed by atoms with van der Waals surface area (Å²) in [7, 11) is 4.64. The van der Waals surface area contributed by atoms with E-state index in [0.29, 0.717) is 6.61 Å². The first-order valence-electron chi connectivity index (χ1n) is 13.3. The number of hydrogen-bond donors (Lipinski definition) is 1. The normalized spacial score (nSPS) is 19.0. The number of rotatable bonds is 21. The molecule has 0 aromatic heterocycles. The van der Waals surface area contributed by atoms with Crippen LogP contribution in [0.15, 0.2) is 0 Å². The van der Waals surface area contributed by atoms with E-state index in [2.05, 4.69) is 44.5 Å². The molecular formula is C26H54BrNOS2. The van der Waals surface area contributed by atoms with Crippen molar-refractivity contribution in [2.24, 2.45) is 0 Å². The number of aliphatic hydroxyl groups excluding tert-OH is 1. The first-order valence-corrected chi connectivity index (χ1v) is 15.3. The van der Waals surface area contributed by atoms with Crippen LogP contribution in [-0.2, 0) is 0 Å². The van der Waals surface area contributed by atoms with Gasteiger partial charge in [0.25, 0.3) is 0 Å². The van der Waals surface area contributed by atoms with E-state index in [1.165, 1.54) is 115 Å². The molecule has 2 nitrogen and oxygen atoms in total. The Hall–Kier alpha value is 1.10. The highest BCUT2D eigenvalue weighted by Gasteiger charge is 2.30. The van der Waals surface area contributed by atoms with Crippen LogP contribution in [0.3, 0.4) is 0 Å². The van der Waals surface area contributed by atoms with E-state index in [1.54, 1.807) is 0 Å². The zero-order valence-electron chi connectivity index (χ0n) is 21.1.